The molecule has 2 heterocycles. The Bertz CT molecular complexity index is 2040. The molecule has 0 aromatic heterocycles. The molecule has 0 fully saturated rings. The van der Waals surface area contributed by atoms with E-state index in [9.17, 15) is 9.36 Å². The second-order valence-corrected chi connectivity index (χ2v) is 15.3. The van der Waals surface area contributed by atoms with Gasteiger partial charge in [-0.15, -0.1) is 0 Å². The summed E-state index contributed by atoms with van der Waals surface area (Å²) in [6, 6.07) is 14.6. The maximum absolute atomic E-state index is 16.1. The first-order valence-corrected chi connectivity index (χ1v) is 18.9. The predicted molar refractivity (Wildman–Crippen MR) is 195 cm³/mol. The number of allylic oxidation sites excluding steroid dienone is 1. The van der Waals surface area contributed by atoms with Crippen LogP contribution in [0.3, 0.4) is 0 Å². The quantitative estimate of drug-likeness (QED) is 0.0166. The average Bonchev–Trinajstić information content (AvgIpc) is 3.84. The number of esters is 1. The smallest absolute Gasteiger partial charge is 0.408 e. The van der Waals surface area contributed by atoms with Crippen LogP contribution >= 0.6 is 65.6 Å². The highest BCUT2D eigenvalue weighted by molar-refractivity contribution is 7.54. The molecule has 0 atom stereocenters. The Hall–Kier alpha value is -3.33. The van der Waals surface area contributed by atoms with Gasteiger partial charge in [-0.1, -0.05) is 94.4 Å². The number of hydrogen-bond donors (Lipinski definition) is 0. The van der Waals surface area contributed by atoms with Gasteiger partial charge in [-0.25, -0.2) is 4.79 Å². The molecule has 11 nitrogen and oxygen atoms in total. The lowest BCUT2D eigenvalue weighted by Gasteiger charge is -2.26. The highest BCUT2D eigenvalue weighted by Crippen LogP contribution is 2.67. The summed E-state index contributed by atoms with van der Waals surface area (Å²) in [6.45, 7) is -0.194. The number of fused-ring (bicyclic) bond motifs is 2. The van der Waals surface area contributed by atoms with Gasteiger partial charge in [0.25, 0.3) is 0 Å². The van der Waals surface area contributed by atoms with E-state index in [4.69, 9.17) is 100 Å². The topological polar surface area (TPSA) is 117 Å². The Morgan fingerprint density at radius 3 is 1.69 bits per heavy atom. The number of benzene rings is 4. The van der Waals surface area contributed by atoms with E-state index in [1.165, 1.54) is 19.1 Å². The van der Waals surface area contributed by atoms with Crippen LogP contribution in [0.15, 0.2) is 66.7 Å². The zero-order chi connectivity index (χ0) is 38.6. The van der Waals surface area contributed by atoms with Crippen LogP contribution < -0.4 is 23.7 Å². The van der Waals surface area contributed by atoms with Gasteiger partial charge in [0.1, 0.15) is 10.0 Å². The van der Waals surface area contributed by atoms with Crippen LogP contribution in [0.5, 0.6) is 28.7 Å². The van der Waals surface area contributed by atoms with E-state index in [-0.39, 0.29) is 63.2 Å². The van der Waals surface area contributed by atoms with Gasteiger partial charge >= 0.3 is 19.2 Å². The molecule has 0 saturated heterocycles. The van der Waals surface area contributed by atoms with E-state index < -0.39 is 38.4 Å². The zero-order valence-corrected chi connectivity index (χ0v) is 32.4. The monoisotopic (exact) mass is 866 g/mol. The molecule has 0 bridgehead atoms. The number of halogens is 7. The lowest BCUT2D eigenvalue weighted by molar-refractivity contribution is -0.128. The van der Waals surface area contributed by atoms with Crippen molar-refractivity contribution in [2.75, 3.05) is 27.2 Å². The Morgan fingerprint density at radius 2 is 1.19 bits per heavy atom. The maximum Gasteiger partial charge on any atom is 0.408 e. The minimum Gasteiger partial charge on any atom is -0.454 e. The molecular weight excluding hydrogens is 843 g/mol. The van der Waals surface area contributed by atoms with Crippen LogP contribution in [0.2, 0.25) is 25.1 Å². The Morgan fingerprint density at radius 1 is 0.722 bits per heavy atom. The van der Waals surface area contributed by atoms with Gasteiger partial charge in [0.2, 0.25) is 13.6 Å². The van der Waals surface area contributed by atoms with E-state index in [0.29, 0.717) is 39.7 Å². The van der Waals surface area contributed by atoms with E-state index in [1.54, 1.807) is 36.4 Å². The lowest BCUT2D eigenvalue weighted by atomic mass is 10.1. The van der Waals surface area contributed by atoms with E-state index in [1.807, 2.05) is 0 Å². The average molecular weight is 869 g/mol. The maximum atomic E-state index is 16.1. The first-order valence-electron chi connectivity index (χ1n) is 15.5. The van der Waals surface area contributed by atoms with Crippen molar-refractivity contribution in [2.24, 2.45) is 0 Å². The summed E-state index contributed by atoms with van der Waals surface area (Å²) in [5.41, 5.74) is -3.07. The summed E-state index contributed by atoms with van der Waals surface area (Å²) in [5, 5.41) is -0.962. The minimum absolute atomic E-state index is 0.0683. The van der Waals surface area contributed by atoms with E-state index >= 15 is 8.78 Å². The lowest BCUT2D eigenvalue weighted by Crippen LogP contribution is -2.20. The standard InChI is InChI=1S/C35H26Cl5F2O11P/c1-19(10-28(43)53-34-32(39)30(37)29(36)31(38)33(34)40)22-4-6-23(7-5-22)35(41,42)54(44,51-15-45-13-20-2-8-24-26(11-20)49-17-47-24)52-16-46-14-21-3-9-25-27(12-21)50-18-48-25/h2-12H,13-18H2,1H3/b19-10+. The normalized spacial score (nSPS) is 13.7. The molecule has 286 valence electrons. The van der Waals surface area contributed by atoms with Crippen molar-refractivity contribution in [3.05, 3.63) is 114 Å². The molecule has 2 aliphatic rings. The minimum atomic E-state index is -5.35. The molecule has 54 heavy (non-hydrogen) atoms. The number of hydrogen-bond acceptors (Lipinski definition) is 11. The molecule has 4 aromatic rings. The molecule has 0 amide bonds. The number of alkyl halides is 2. The molecule has 0 saturated carbocycles. The number of ether oxygens (including phenoxy) is 7. The Kier molecular flexibility index (Phi) is 12.9. The van der Waals surface area contributed by atoms with Gasteiger partial charge in [0, 0.05) is 11.6 Å². The fraction of sp³-hybridized carbons (Fsp3) is 0.229. The van der Waals surface area contributed by atoms with Crippen molar-refractivity contribution in [3.8, 4) is 28.7 Å². The van der Waals surface area contributed by atoms with Crippen molar-refractivity contribution >= 4 is 77.1 Å². The largest absolute Gasteiger partial charge is 0.454 e. The highest BCUT2D eigenvalue weighted by Gasteiger charge is 2.55. The van der Waals surface area contributed by atoms with Crippen molar-refractivity contribution in [3.63, 3.8) is 0 Å². The molecule has 2 aliphatic heterocycles. The van der Waals surface area contributed by atoms with Gasteiger partial charge in [0.15, 0.2) is 42.3 Å². The third kappa shape index (κ3) is 8.87. The van der Waals surface area contributed by atoms with Crippen LogP contribution in [-0.2, 0) is 46.8 Å². The Balaban J connectivity index is 1.14. The van der Waals surface area contributed by atoms with Crippen molar-refractivity contribution in [1.82, 2.24) is 0 Å². The van der Waals surface area contributed by atoms with Gasteiger partial charge in [-0.05, 0) is 53.5 Å². The third-order valence-corrected chi connectivity index (χ3v) is 11.8. The van der Waals surface area contributed by atoms with E-state index in [0.717, 1.165) is 18.2 Å². The van der Waals surface area contributed by atoms with Crippen molar-refractivity contribution < 1.29 is 60.3 Å². The first kappa shape index (κ1) is 40.3. The van der Waals surface area contributed by atoms with Crippen LogP contribution in [0.25, 0.3) is 5.57 Å². The SMILES string of the molecule is C/C(=C\C(=O)Oc1c(Cl)c(Cl)c(Cl)c(Cl)c1Cl)c1ccc(C(F)(F)P(=O)(OCOCc2ccc3c(c2)OCO3)OCOCc2ccc3c(c2)OCO3)cc1. The molecule has 6 rings (SSSR count). The van der Waals surface area contributed by atoms with E-state index in [2.05, 4.69) is 0 Å². The first-order chi connectivity index (χ1) is 25.8. The number of rotatable bonds is 15. The van der Waals surface area contributed by atoms with Gasteiger partial charge in [0.05, 0.1) is 28.3 Å². The van der Waals surface area contributed by atoms with Crippen molar-refractivity contribution in [2.45, 2.75) is 25.8 Å². The number of carbonyl (C=O) groups excluding carboxylic acids is 1. The second kappa shape index (κ2) is 17.2. The van der Waals surface area contributed by atoms with Crippen LogP contribution in [0.1, 0.15) is 29.2 Å². The molecular formula is C35H26Cl5F2O11P. The molecule has 0 radical (unpaired) electrons. The highest BCUT2D eigenvalue weighted by atomic mass is 35.5. The molecule has 4 aromatic carbocycles. The van der Waals surface area contributed by atoms with Crippen LogP contribution in [-0.4, -0.2) is 33.1 Å². The summed E-state index contributed by atoms with van der Waals surface area (Å²) in [5.74, 6) is 0.826. The molecule has 0 unspecified atom stereocenters. The second-order valence-electron chi connectivity index (χ2n) is 11.3. The van der Waals surface area contributed by atoms with Crippen LogP contribution in [0, 0.1) is 0 Å². The summed E-state index contributed by atoms with van der Waals surface area (Å²) < 4.78 is 93.8. The number of carbonyl (C=O) groups is 1. The summed E-state index contributed by atoms with van der Waals surface area (Å²) in [4.78, 5) is 12.7. The Labute approximate surface area is 331 Å². The molecule has 0 aliphatic carbocycles. The molecule has 19 heteroatoms. The predicted octanol–water partition coefficient (Wildman–Crippen LogP) is 11.0. The third-order valence-electron chi connectivity index (χ3n) is 7.76. The fourth-order valence-corrected chi connectivity index (χ4v) is 7.44. The van der Waals surface area contributed by atoms with Gasteiger partial charge in [-0.3, -0.25) is 13.6 Å². The van der Waals surface area contributed by atoms with Gasteiger partial charge in [-0.2, -0.15) is 8.78 Å². The molecule has 0 spiro atoms. The summed E-state index contributed by atoms with van der Waals surface area (Å²) >= 11 is 30.3. The van der Waals surface area contributed by atoms with Gasteiger partial charge < -0.3 is 33.2 Å². The van der Waals surface area contributed by atoms with Crippen molar-refractivity contribution in [1.29, 1.82) is 0 Å². The zero-order valence-electron chi connectivity index (χ0n) is 27.7. The van der Waals surface area contributed by atoms with Crippen LogP contribution in [0.4, 0.5) is 8.78 Å². The summed E-state index contributed by atoms with van der Waals surface area (Å²) in [7, 11) is -5.35. The fourth-order valence-electron chi connectivity index (χ4n) is 4.95. The molecule has 0 N–H and O–H groups in total. The summed E-state index contributed by atoms with van der Waals surface area (Å²) in [6.07, 6.45) is 1.06.